The number of carbonyl (C=O) groups is 1. The lowest BCUT2D eigenvalue weighted by atomic mass is 10.1. The average Bonchev–Trinajstić information content (AvgIpc) is 3.00. The maximum absolute atomic E-state index is 13.7. The quantitative estimate of drug-likeness (QED) is 0.534. The number of fused-ring (bicyclic) bond motifs is 3. The minimum Gasteiger partial charge on any atom is -0.494 e. The number of amides is 1. The van der Waals surface area contributed by atoms with Gasteiger partial charge in [0.15, 0.2) is 0 Å². The number of carbonyl (C=O) groups excluding carboxylic acids is 1. The number of aryl methyl sites for hydroxylation is 2. The molecule has 3 aromatic rings. The molecule has 8 heteroatoms. The van der Waals surface area contributed by atoms with Gasteiger partial charge in [0, 0.05) is 10.9 Å². The molecule has 4 rings (SSSR count). The van der Waals surface area contributed by atoms with Crippen molar-refractivity contribution in [2.24, 2.45) is 0 Å². The smallest absolute Gasteiger partial charge is 0.337 e. The Morgan fingerprint density at radius 3 is 2.55 bits per heavy atom. The van der Waals surface area contributed by atoms with Gasteiger partial charge in [-0.25, -0.2) is 9.36 Å². The van der Waals surface area contributed by atoms with Gasteiger partial charge in [-0.15, -0.1) is 11.3 Å². The van der Waals surface area contributed by atoms with Crippen molar-refractivity contribution in [3.8, 4) is 11.4 Å². The van der Waals surface area contributed by atoms with Gasteiger partial charge in [-0.2, -0.15) is 0 Å². The molecule has 1 N–H and O–H groups in total. The number of hydrogen-bond acceptors (Lipinski definition) is 5. The van der Waals surface area contributed by atoms with E-state index < -0.39 is 5.69 Å². The number of thiophene rings is 1. The fourth-order valence-corrected chi connectivity index (χ4v) is 5.71. The normalized spacial score (nSPS) is 14.5. The van der Waals surface area contributed by atoms with Gasteiger partial charge in [0.05, 0.1) is 17.7 Å². The van der Waals surface area contributed by atoms with Crippen LogP contribution in [0.25, 0.3) is 15.9 Å². The van der Waals surface area contributed by atoms with E-state index in [0.29, 0.717) is 28.3 Å². The van der Waals surface area contributed by atoms with E-state index in [1.54, 1.807) is 24.3 Å². The fraction of sp³-hybridized carbons (Fsp3) is 0.480. The lowest BCUT2D eigenvalue weighted by Gasteiger charge is -2.15. The van der Waals surface area contributed by atoms with Gasteiger partial charge in [0.1, 0.15) is 17.1 Å². The number of nitrogens with one attached hydrogen (secondary N) is 1. The Morgan fingerprint density at radius 2 is 1.85 bits per heavy atom. The lowest BCUT2D eigenvalue weighted by molar-refractivity contribution is -0.122. The van der Waals surface area contributed by atoms with Crippen LogP contribution in [0.2, 0.25) is 0 Å². The zero-order valence-corrected chi connectivity index (χ0v) is 20.3. The molecule has 0 bridgehead atoms. The predicted molar refractivity (Wildman–Crippen MR) is 132 cm³/mol. The van der Waals surface area contributed by atoms with Crippen LogP contribution in [-0.4, -0.2) is 27.7 Å². The summed E-state index contributed by atoms with van der Waals surface area (Å²) >= 11 is 1.50. The van der Waals surface area contributed by atoms with Crippen LogP contribution >= 0.6 is 11.3 Å². The van der Waals surface area contributed by atoms with Gasteiger partial charge in [-0.3, -0.25) is 14.2 Å². The number of hydrogen-bond donors (Lipinski definition) is 1. The van der Waals surface area contributed by atoms with E-state index in [9.17, 15) is 14.4 Å². The van der Waals surface area contributed by atoms with Crippen molar-refractivity contribution in [2.75, 3.05) is 6.61 Å². The maximum Gasteiger partial charge on any atom is 0.337 e. The topological polar surface area (TPSA) is 82.3 Å². The minimum absolute atomic E-state index is 0.0146. The lowest BCUT2D eigenvalue weighted by Crippen LogP contribution is -2.42. The van der Waals surface area contributed by atoms with Crippen molar-refractivity contribution in [3.63, 3.8) is 0 Å². The second-order valence-electron chi connectivity index (χ2n) is 8.56. The zero-order chi connectivity index (χ0) is 23.5. The summed E-state index contributed by atoms with van der Waals surface area (Å²) in [7, 11) is 0. The van der Waals surface area contributed by atoms with Crippen LogP contribution < -0.4 is 21.3 Å². The van der Waals surface area contributed by atoms with Gasteiger partial charge >= 0.3 is 5.69 Å². The second kappa shape index (κ2) is 9.95. The SMILES string of the molecule is CCOc1ccc(-n2c(=O)c3c4c(sc3n(CC(=O)N[C@@H](C)CC)c2=O)CCCCC4)cc1. The summed E-state index contributed by atoms with van der Waals surface area (Å²) in [5.41, 5.74) is 0.720. The minimum atomic E-state index is -0.493. The van der Waals surface area contributed by atoms with Gasteiger partial charge in [0.2, 0.25) is 5.91 Å². The van der Waals surface area contributed by atoms with E-state index in [1.807, 2.05) is 20.8 Å². The van der Waals surface area contributed by atoms with Crippen LogP contribution in [0, 0.1) is 0 Å². The molecule has 0 radical (unpaired) electrons. The molecule has 0 unspecified atom stereocenters. The molecule has 2 heterocycles. The van der Waals surface area contributed by atoms with Crippen molar-refractivity contribution in [3.05, 3.63) is 55.5 Å². The highest BCUT2D eigenvalue weighted by atomic mass is 32.1. The van der Waals surface area contributed by atoms with Crippen LogP contribution in [-0.2, 0) is 24.2 Å². The van der Waals surface area contributed by atoms with Crippen molar-refractivity contribution < 1.29 is 9.53 Å². The van der Waals surface area contributed by atoms with Crippen LogP contribution in [0.4, 0.5) is 0 Å². The zero-order valence-electron chi connectivity index (χ0n) is 19.5. The largest absolute Gasteiger partial charge is 0.494 e. The Hall–Kier alpha value is -2.87. The molecule has 7 nitrogen and oxygen atoms in total. The maximum atomic E-state index is 13.7. The Balaban J connectivity index is 1.92. The molecule has 1 aromatic carbocycles. The molecule has 1 aliphatic carbocycles. The standard InChI is InChI=1S/C25H31N3O4S/c1-4-16(3)26-21(29)15-27-24-22(19-9-7-6-8-10-20(19)33-24)23(30)28(25(27)31)17-11-13-18(14-12-17)32-5-2/h11-14,16H,4-10,15H2,1-3H3,(H,26,29)/t16-/m0/s1. The highest BCUT2D eigenvalue weighted by Gasteiger charge is 2.24. The summed E-state index contributed by atoms with van der Waals surface area (Å²) in [6.45, 7) is 6.25. The molecule has 1 amide bonds. The first-order valence-electron chi connectivity index (χ1n) is 11.8. The first-order valence-corrected chi connectivity index (χ1v) is 12.6. The monoisotopic (exact) mass is 469 g/mol. The third-order valence-electron chi connectivity index (χ3n) is 6.21. The van der Waals surface area contributed by atoms with Gasteiger partial charge in [-0.05, 0) is 75.8 Å². The first kappa shape index (κ1) is 23.3. The summed E-state index contributed by atoms with van der Waals surface area (Å²) in [5, 5.41) is 3.52. The molecule has 2 aromatic heterocycles. The van der Waals surface area contributed by atoms with E-state index in [4.69, 9.17) is 4.74 Å². The van der Waals surface area contributed by atoms with Crippen molar-refractivity contribution >= 4 is 27.5 Å². The predicted octanol–water partition coefficient (Wildman–Crippen LogP) is 3.80. The summed E-state index contributed by atoms with van der Waals surface area (Å²) in [5.74, 6) is 0.446. The highest BCUT2D eigenvalue weighted by molar-refractivity contribution is 7.18. The van der Waals surface area contributed by atoms with E-state index in [0.717, 1.165) is 44.1 Å². The van der Waals surface area contributed by atoms with E-state index in [2.05, 4.69) is 5.32 Å². The third-order valence-corrected chi connectivity index (χ3v) is 7.53. The van der Waals surface area contributed by atoms with E-state index in [-0.39, 0.29) is 24.1 Å². The number of ether oxygens (including phenoxy) is 1. The fourth-order valence-electron chi connectivity index (χ4n) is 4.34. The Morgan fingerprint density at radius 1 is 1.12 bits per heavy atom. The number of nitrogens with zero attached hydrogens (tertiary/aromatic N) is 2. The van der Waals surface area contributed by atoms with E-state index >= 15 is 0 Å². The highest BCUT2D eigenvalue weighted by Crippen LogP contribution is 2.33. The Kier molecular flexibility index (Phi) is 7.02. The molecule has 176 valence electrons. The van der Waals surface area contributed by atoms with Gasteiger partial charge in [0.25, 0.3) is 5.56 Å². The van der Waals surface area contributed by atoms with Crippen LogP contribution in [0.1, 0.15) is 56.9 Å². The second-order valence-corrected chi connectivity index (χ2v) is 9.64. The summed E-state index contributed by atoms with van der Waals surface area (Å²) < 4.78 is 8.18. The molecule has 0 saturated carbocycles. The molecule has 0 fully saturated rings. The molecular formula is C25H31N3O4S. The Labute approximate surface area is 197 Å². The summed E-state index contributed by atoms with van der Waals surface area (Å²) in [4.78, 5) is 41.8. The number of benzene rings is 1. The van der Waals surface area contributed by atoms with Crippen LogP contribution in [0.15, 0.2) is 33.9 Å². The van der Waals surface area contributed by atoms with Crippen LogP contribution in [0.5, 0.6) is 5.75 Å². The molecule has 1 aliphatic rings. The Bertz CT molecular complexity index is 1270. The molecular weight excluding hydrogens is 438 g/mol. The molecule has 33 heavy (non-hydrogen) atoms. The molecule has 0 saturated heterocycles. The number of aromatic nitrogens is 2. The molecule has 0 aliphatic heterocycles. The third kappa shape index (κ3) is 4.62. The van der Waals surface area contributed by atoms with Crippen LogP contribution in [0.3, 0.4) is 0 Å². The summed E-state index contributed by atoms with van der Waals surface area (Å²) in [6, 6.07) is 6.95. The first-order chi connectivity index (χ1) is 15.9. The summed E-state index contributed by atoms with van der Waals surface area (Å²) in [6.07, 6.45) is 5.76. The number of rotatable bonds is 7. The van der Waals surface area contributed by atoms with Gasteiger partial charge in [-0.1, -0.05) is 13.3 Å². The van der Waals surface area contributed by atoms with Gasteiger partial charge < -0.3 is 10.1 Å². The van der Waals surface area contributed by atoms with Crippen molar-refractivity contribution in [2.45, 2.75) is 71.9 Å². The molecule has 0 spiro atoms. The molecule has 1 atom stereocenters. The van der Waals surface area contributed by atoms with Crippen molar-refractivity contribution in [1.82, 2.24) is 14.5 Å². The average molecular weight is 470 g/mol. The van der Waals surface area contributed by atoms with Crippen molar-refractivity contribution in [1.29, 1.82) is 0 Å². The van der Waals surface area contributed by atoms with E-state index in [1.165, 1.54) is 25.3 Å².